The first-order valence-corrected chi connectivity index (χ1v) is 8.27. The molecule has 1 aromatic rings. The average molecular weight is 364 g/mol. The number of imide groups is 1. The van der Waals surface area contributed by atoms with Gasteiger partial charge >= 0.3 is 6.03 Å². The Bertz CT molecular complexity index is 578. The van der Waals surface area contributed by atoms with E-state index in [0.717, 1.165) is 17.4 Å². The summed E-state index contributed by atoms with van der Waals surface area (Å²) in [6.07, 6.45) is 0. The van der Waals surface area contributed by atoms with E-state index in [0.29, 0.717) is 13.1 Å². The lowest BCUT2D eigenvalue weighted by atomic mass is 10.2. The van der Waals surface area contributed by atoms with Gasteiger partial charge in [0.25, 0.3) is 5.91 Å². The highest BCUT2D eigenvalue weighted by atomic mass is 35.5. The van der Waals surface area contributed by atoms with E-state index in [-0.39, 0.29) is 36.4 Å². The lowest BCUT2D eigenvalue weighted by molar-refractivity contribution is -0.130. The van der Waals surface area contributed by atoms with Crippen LogP contribution in [0.25, 0.3) is 0 Å². The molecule has 1 aromatic heterocycles. The molecule has 0 spiro atoms. The van der Waals surface area contributed by atoms with Crippen molar-refractivity contribution in [1.82, 2.24) is 14.7 Å². The second-order valence-electron chi connectivity index (χ2n) is 5.73. The summed E-state index contributed by atoms with van der Waals surface area (Å²) in [6.45, 7) is 6.53. The predicted molar refractivity (Wildman–Crippen MR) is 89.7 cm³/mol. The Labute approximate surface area is 145 Å². The van der Waals surface area contributed by atoms with Gasteiger partial charge in [0.05, 0.1) is 4.34 Å². The Morgan fingerprint density at radius 2 is 2.05 bits per heavy atom. The summed E-state index contributed by atoms with van der Waals surface area (Å²) in [5.74, 6) is -0.0658. The fraction of sp³-hybridized carbons (Fsp3) is 0.571. The molecule has 122 valence electrons. The van der Waals surface area contributed by atoms with Crippen LogP contribution in [0.2, 0.25) is 4.34 Å². The van der Waals surface area contributed by atoms with E-state index >= 15 is 0 Å². The highest BCUT2D eigenvalue weighted by Gasteiger charge is 2.48. The minimum atomic E-state index is -0.330. The molecule has 8 heteroatoms. The van der Waals surface area contributed by atoms with Gasteiger partial charge in [0, 0.05) is 37.1 Å². The molecule has 1 atom stereocenters. The van der Waals surface area contributed by atoms with Gasteiger partial charge in [-0.3, -0.25) is 14.6 Å². The summed E-state index contributed by atoms with van der Waals surface area (Å²) in [5.41, 5.74) is 0. The molecule has 0 aliphatic carbocycles. The molecule has 5 nitrogen and oxygen atoms in total. The molecule has 2 aliphatic heterocycles. The average Bonchev–Trinajstić information content (AvgIpc) is 2.93. The zero-order valence-corrected chi connectivity index (χ0v) is 14.9. The number of hydrogen-bond donors (Lipinski definition) is 0. The fourth-order valence-electron chi connectivity index (χ4n) is 2.95. The van der Waals surface area contributed by atoms with E-state index in [1.165, 1.54) is 9.78 Å². The molecule has 22 heavy (non-hydrogen) atoms. The van der Waals surface area contributed by atoms with Crippen molar-refractivity contribution in [3.63, 3.8) is 0 Å². The Morgan fingerprint density at radius 3 is 2.64 bits per heavy atom. The molecule has 2 aliphatic rings. The summed E-state index contributed by atoms with van der Waals surface area (Å²) in [6, 6.07) is 3.35. The van der Waals surface area contributed by atoms with Crippen molar-refractivity contribution < 1.29 is 9.59 Å². The van der Waals surface area contributed by atoms with Crippen molar-refractivity contribution >= 4 is 47.3 Å². The Kier molecular flexibility index (Phi) is 5.37. The van der Waals surface area contributed by atoms with Crippen LogP contribution in [0.15, 0.2) is 12.1 Å². The summed E-state index contributed by atoms with van der Waals surface area (Å²) >= 11 is 7.51. The number of piperazine rings is 1. The molecule has 0 bridgehead atoms. The van der Waals surface area contributed by atoms with Crippen LogP contribution in [0, 0.1) is 0 Å². The molecule has 1 unspecified atom stereocenters. The molecular weight excluding hydrogens is 345 g/mol. The van der Waals surface area contributed by atoms with Crippen LogP contribution < -0.4 is 0 Å². The number of hydrogen-bond acceptors (Lipinski definition) is 4. The second-order valence-corrected chi connectivity index (χ2v) is 7.53. The van der Waals surface area contributed by atoms with E-state index in [1.54, 1.807) is 16.2 Å². The smallest absolute Gasteiger partial charge is 0.310 e. The first kappa shape index (κ1) is 17.5. The van der Waals surface area contributed by atoms with Gasteiger partial charge < -0.3 is 4.90 Å². The van der Waals surface area contributed by atoms with Gasteiger partial charge in [0.15, 0.2) is 0 Å². The molecule has 0 aromatic carbocycles. The molecule has 2 fully saturated rings. The van der Waals surface area contributed by atoms with Crippen molar-refractivity contribution in [2.45, 2.75) is 32.5 Å². The number of fused-ring (bicyclic) bond motifs is 1. The summed E-state index contributed by atoms with van der Waals surface area (Å²) < 4.78 is 0.779. The molecule has 3 amide bonds. The van der Waals surface area contributed by atoms with Gasteiger partial charge in [-0.1, -0.05) is 11.6 Å². The standard InChI is InChI=1S/C14H18ClN3O2S.ClH/c1-9(2)18-13(19)11-8-16(5-6-17(11)14(18)20)7-10-3-4-12(15)21-10;/h3-4,9,11H,5-8H2,1-2H3;1H. The first-order chi connectivity index (χ1) is 9.97. The number of rotatable bonds is 3. The lowest BCUT2D eigenvalue weighted by Gasteiger charge is -2.35. The molecule has 0 N–H and O–H groups in total. The largest absolute Gasteiger partial charge is 0.327 e. The third-order valence-electron chi connectivity index (χ3n) is 3.96. The molecular formula is C14H19Cl2N3O2S. The van der Waals surface area contributed by atoms with Gasteiger partial charge in [-0.15, -0.1) is 23.7 Å². The van der Waals surface area contributed by atoms with Gasteiger partial charge in [0.1, 0.15) is 6.04 Å². The van der Waals surface area contributed by atoms with Crippen molar-refractivity contribution in [2.24, 2.45) is 0 Å². The Hall–Kier alpha value is -0.820. The number of urea groups is 1. The van der Waals surface area contributed by atoms with Crippen molar-refractivity contribution in [1.29, 1.82) is 0 Å². The van der Waals surface area contributed by atoms with E-state index in [1.807, 2.05) is 26.0 Å². The van der Waals surface area contributed by atoms with E-state index < -0.39 is 0 Å². The van der Waals surface area contributed by atoms with Crippen LogP contribution >= 0.6 is 35.3 Å². The monoisotopic (exact) mass is 363 g/mol. The Morgan fingerprint density at radius 1 is 1.32 bits per heavy atom. The third-order valence-corrected chi connectivity index (χ3v) is 5.18. The molecule has 3 rings (SSSR count). The molecule has 2 saturated heterocycles. The zero-order valence-electron chi connectivity index (χ0n) is 12.5. The van der Waals surface area contributed by atoms with Crippen molar-refractivity contribution in [3.05, 3.63) is 21.3 Å². The van der Waals surface area contributed by atoms with Gasteiger partial charge in [-0.2, -0.15) is 0 Å². The number of carbonyl (C=O) groups excluding carboxylic acids is 2. The quantitative estimate of drug-likeness (QED) is 0.775. The number of thiophene rings is 1. The maximum Gasteiger partial charge on any atom is 0.327 e. The van der Waals surface area contributed by atoms with Crippen LogP contribution in [-0.4, -0.2) is 58.4 Å². The maximum atomic E-state index is 12.4. The highest BCUT2D eigenvalue weighted by Crippen LogP contribution is 2.27. The number of halogens is 2. The van der Waals surface area contributed by atoms with Crippen LogP contribution in [-0.2, 0) is 11.3 Å². The van der Waals surface area contributed by atoms with Crippen LogP contribution in [0.5, 0.6) is 0 Å². The fourth-order valence-corrected chi connectivity index (χ4v) is 4.08. The summed E-state index contributed by atoms with van der Waals surface area (Å²) in [5, 5.41) is 0. The predicted octanol–water partition coefficient (Wildman–Crippen LogP) is 2.68. The van der Waals surface area contributed by atoms with Crippen LogP contribution in [0.4, 0.5) is 4.79 Å². The van der Waals surface area contributed by atoms with E-state index in [4.69, 9.17) is 11.6 Å². The molecule has 3 heterocycles. The SMILES string of the molecule is CC(C)N1C(=O)C2CN(Cc3ccc(Cl)s3)CCN2C1=O.Cl. The summed E-state index contributed by atoms with van der Waals surface area (Å²) in [4.78, 5) is 31.2. The second kappa shape index (κ2) is 6.74. The van der Waals surface area contributed by atoms with E-state index in [2.05, 4.69) is 4.90 Å². The van der Waals surface area contributed by atoms with Crippen LogP contribution in [0.3, 0.4) is 0 Å². The Balaban J connectivity index is 0.00000176. The summed E-state index contributed by atoms with van der Waals surface area (Å²) in [7, 11) is 0. The topological polar surface area (TPSA) is 43.9 Å². The molecule has 0 radical (unpaired) electrons. The number of nitrogens with zero attached hydrogens (tertiary/aromatic N) is 3. The first-order valence-electron chi connectivity index (χ1n) is 7.07. The normalized spacial score (nSPS) is 22.3. The lowest BCUT2D eigenvalue weighted by Crippen LogP contribution is -2.52. The number of amides is 3. The maximum absolute atomic E-state index is 12.4. The minimum Gasteiger partial charge on any atom is -0.310 e. The van der Waals surface area contributed by atoms with Gasteiger partial charge in [0.2, 0.25) is 0 Å². The van der Waals surface area contributed by atoms with Crippen molar-refractivity contribution in [3.8, 4) is 0 Å². The van der Waals surface area contributed by atoms with Gasteiger partial charge in [-0.25, -0.2) is 4.79 Å². The highest BCUT2D eigenvalue weighted by molar-refractivity contribution is 7.16. The minimum absolute atomic E-state index is 0. The third kappa shape index (κ3) is 3.11. The zero-order chi connectivity index (χ0) is 15.1. The van der Waals surface area contributed by atoms with Gasteiger partial charge in [-0.05, 0) is 26.0 Å². The van der Waals surface area contributed by atoms with E-state index in [9.17, 15) is 9.59 Å². The van der Waals surface area contributed by atoms with Crippen molar-refractivity contribution in [2.75, 3.05) is 19.6 Å². The number of carbonyl (C=O) groups is 2. The van der Waals surface area contributed by atoms with Crippen LogP contribution in [0.1, 0.15) is 18.7 Å². The molecule has 0 saturated carbocycles.